The SMILES string of the molecule is CCCCC1=NN(C(=O)N[C@H]2CC3CCC2(C)C3(C)C)CC1c1ccc(F)cc1. The number of amides is 2. The third kappa shape index (κ3) is 3.36. The van der Waals surface area contributed by atoms with Crippen molar-refractivity contribution in [3.8, 4) is 0 Å². The van der Waals surface area contributed by atoms with Crippen molar-refractivity contribution >= 4 is 11.7 Å². The Kier molecular flexibility index (Phi) is 5.20. The molecule has 1 aliphatic heterocycles. The van der Waals surface area contributed by atoms with Crippen molar-refractivity contribution in [2.75, 3.05) is 6.54 Å². The average Bonchev–Trinajstić information content (AvgIpc) is 3.26. The van der Waals surface area contributed by atoms with Crippen LogP contribution in [0, 0.1) is 22.6 Å². The lowest BCUT2D eigenvalue weighted by Gasteiger charge is -2.39. The van der Waals surface area contributed by atoms with Crippen LogP contribution in [0.15, 0.2) is 29.4 Å². The maximum atomic E-state index is 13.4. The van der Waals surface area contributed by atoms with Gasteiger partial charge < -0.3 is 5.32 Å². The highest BCUT2D eigenvalue weighted by molar-refractivity contribution is 5.94. The van der Waals surface area contributed by atoms with E-state index in [1.165, 1.54) is 25.0 Å². The molecule has 158 valence electrons. The molecule has 4 atom stereocenters. The summed E-state index contributed by atoms with van der Waals surface area (Å²) in [7, 11) is 0. The van der Waals surface area contributed by atoms with Gasteiger partial charge in [-0.1, -0.05) is 46.2 Å². The van der Waals surface area contributed by atoms with Crippen molar-refractivity contribution in [2.24, 2.45) is 21.8 Å². The predicted octanol–water partition coefficient (Wildman–Crippen LogP) is 5.70. The lowest BCUT2D eigenvalue weighted by molar-refractivity contribution is 0.118. The minimum Gasteiger partial charge on any atom is -0.333 e. The van der Waals surface area contributed by atoms with E-state index in [4.69, 9.17) is 5.10 Å². The van der Waals surface area contributed by atoms with Crippen LogP contribution in [0.5, 0.6) is 0 Å². The van der Waals surface area contributed by atoms with Gasteiger partial charge in [-0.25, -0.2) is 14.2 Å². The number of nitrogens with one attached hydrogen (secondary N) is 1. The molecule has 0 spiro atoms. The fourth-order valence-electron chi connectivity index (χ4n) is 5.89. The molecule has 1 heterocycles. The fourth-order valence-corrected chi connectivity index (χ4v) is 5.89. The van der Waals surface area contributed by atoms with Gasteiger partial charge in [0.1, 0.15) is 5.82 Å². The zero-order valence-corrected chi connectivity index (χ0v) is 18.2. The van der Waals surface area contributed by atoms with Crippen molar-refractivity contribution < 1.29 is 9.18 Å². The monoisotopic (exact) mass is 399 g/mol. The summed E-state index contributed by atoms with van der Waals surface area (Å²) in [4.78, 5) is 13.1. The van der Waals surface area contributed by atoms with Crippen LogP contribution in [0.25, 0.3) is 0 Å². The van der Waals surface area contributed by atoms with E-state index in [0.717, 1.165) is 37.0 Å². The second-order valence-corrected chi connectivity index (χ2v) is 9.99. The third-order valence-electron chi connectivity index (χ3n) is 8.39. The molecule has 2 bridgehead atoms. The molecule has 2 aliphatic carbocycles. The summed E-state index contributed by atoms with van der Waals surface area (Å²) in [5.41, 5.74) is 2.48. The lowest BCUT2D eigenvalue weighted by atomic mass is 9.69. The normalized spacial score (nSPS) is 32.5. The summed E-state index contributed by atoms with van der Waals surface area (Å²) in [5.74, 6) is 0.507. The number of hydrogen-bond donors (Lipinski definition) is 1. The van der Waals surface area contributed by atoms with E-state index in [1.807, 2.05) is 12.1 Å². The first-order valence-corrected chi connectivity index (χ1v) is 11.2. The summed E-state index contributed by atoms with van der Waals surface area (Å²) < 4.78 is 13.4. The van der Waals surface area contributed by atoms with E-state index in [2.05, 4.69) is 33.0 Å². The Bertz CT molecular complexity index is 803. The molecule has 0 aromatic heterocycles. The molecule has 2 amide bonds. The van der Waals surface area contributed by atoms with E-state index in [1.54, 1.807) is 5.01 Å². The molecule has 0 radical (unpaired) electrons. The molecule has 4 rings (SSSR count). The maximum absolute atomic E-state index is 13.4. The summed E-state index contributed by atoms with van der Waals surface area (Å²) >= 11 is 0. The zero-order valence-electron chi connectivity index (χ0n) is 18.2. The van der Waals surface area contributed by atoms with E-state index in [-0.39, 0.29) is 34.6 Å². The number of hydrogen-bond acceptors (Lipinski definition) is 2. The van der Waals surface area contributed by atoms with Gasteiger partial charge in [0.05, 0.1) is 6.54 Å². The summed E-state index contributed by atoms with van der Waals surface area (Å²) in [6.07, 6.45) is 6.51. The van der Waals surface area contributed by atoms with E-state index in [0.29, 0.717) is 12.5 Å². The number of carbonyl (C=O) groups is 1. The van der Waals surface area contributed by atoms with Gasteiger partial charge in [-0.3, -0.25) is 0 Å². The molecule has 29 heavy (non-hydrogen) atoms. The van der Waals surface area contributed by atoms with Crippen molar-refractivity contribution in [2.45, 2.75) is 78.2 Å². The van der Waals surface area contributed by atoms with Gasteiger partial charge >= 0.3 is 6.03 Å². The van der Waals surface area contributed by atoms with Gasteiger partial charge in [-0.05, 0) is 66.5 Å². The third-order valence-corrected chi connectivity index (χ3v) is 8.39. The molecule has 1 N–H and O–H groups in total. The average molecular weight is 400 g/mol. The van der Waals surface area contributed by atoms with Crippen molar-refractivity contribution in [3.05, 3.63) is 35.6 Å². The fraction of sp³-hybridized carbons (Fsp3) is 0.667. The van der Waals surface area contributed by atoms with Crippen LogP contribution in [-0.4, -0.2) is 29.3 Å². The Morgan fingerprint density at radius 2 is 2.00 bits per heavy atom. The number of hydrazone groups is 1. The van der Waals surface area contributed by atoms with Crippen molar-refractivity contribution in [1.29, 1.82) is 0 Å². The standard InChI is InChI=1S/C24H34FN3O/c1-5-6-7-20-19(16-8-10-18(25)11-9-16)15-28(27-20)22(29)26-21-14-17-12-13-24(21,4)23(17,2)3/h8-11,17,19,21H,5-7,12-15H2,1-4H3,(H,26,29)/t17?,19?,21-,24?/m0/s1. The number of urea groups is 1. The second-order valence-electron chi connectivity index (χ2n) is 9.99. The Balaban J connectivity index is 1.49. The molecule has 3 aliphatic rings. The smallest absolute Gasteiger partial charge is 0.333 e. The quantitative estimate of drug-likeness (QED) is 0.679. The summed E-state index contributed by atoms with van der Waals surface area (Å²) in [6, 6.07) is 6.76. The van der Waals surface area contributed by atoms with E-state index < -0.39 is 0 Å². The van der Waals surface area contributed by atoms with Gasteiger partial charge in [0.2, 0.25) is 0 Å². The van der Waals surface area contributed by atoms with Crippen molar-refractivity contribution in [3.63, 3.8) is 0 Å². The minimum atomic E-state index is -0.236. The first kappa shape index (κ1) is 20.4. The van der Waals surface area contributed by atoms with Crippen LogP contribution in [0.3, 0.4) is 0 Å². The van der Waals surface area contributed by atoms with Gasteiger partial charge in [0.25, 0.3) is 0 Å². The Morgan fingerprint density at radius 3 is 2.59 bits per heavy atom. The molecule has 1 aromatic rings. The van der Waals surface area contributed by atoms with E-state index in [9.17, 15) is 9.18 Å². The predicted molar refractivity (Wildman–Crippen MR) is 114 cm³/mol. The molecule has 2 saturated carbocycles. The first-order chi connectivity index (χ1) is 13.8. The molecular weight excluding hydrogens is 365 g/mol. The number of unbranched alkanes of at least 4 members (excludes halogenated alkanes) is 1. The van der Waals surface area contributed by atoms with Crippen LogP contribution in [0.4, 0.5) is 9.18 Å². The first-order valence-electron chi connectivity index (χ1n) is 11.2. The second kappa shape index (κ2) is 7.41. The minimum absolute atomic E-state index is 0.0555. The highest BCUT2D eigenvalue weighted by Gasteiger charge is 2.61. The van der Waals surface area contributed by atoms with E-state index >= 15 is 0 Å². The summed E-state index contributed by atoms with van der Waals surface area (Å²) in [6.45, 7) is 9.75. The molecule has 2 fully saturated rings. The number of rotatable bonds is 5. The molecule has 4 nitrogen and oxygen atoms in total. The number of halogens is 1. The molecular formula is C24H34FN3O. The maximum Gasteiger partial charge on any atom is 0.338 e. The topological polar surface area (TPSA) is 44.7 Å². The molecule has 3 unspecified atom stereocenters. The van der Waals surface area contributed by atoms with Crippen LogP contribution < -0.4 is 5.32 Å². The zero-order chi connectivity index (χ0) is 20.8. The van der Waals surface area contributed by atoms with Gasteiger partial charge in [-0.2, -0.15) is 5.10 Å². The van der Waals surface area contributed by atoms with Gasteiger partial charge in [0, 0.05) is 17.7 Å². The van der Waals surface area contributed by atoms with Crippen LogP contribution >= 0.6 is 0 Å². The van der Waals surface area contributed by atoms with Crippen LogP contribution in [0.1, 0.15) is 77.7 Å². The number of benzene rings is 1. The highest BCUT2D eigenvalue weighted by atomic mass is 19.1. The largest absolute Gasteiger partial charge is 0.338 e. The lowest BCUT2D eigenvalue weighted by Crippen LogP contribution is -2.50. The highest BCUT2D eigenvalue weighted by Crippen LogP contribution is 2.65. The van der Waals surface area contributed by atoms with Crippen molar-refractivity contribution in [1.82, 2.24) is 10.3 Å². The summed E-state index contributed by atoms with van der Waals surface area (Å²) in [5, 5.41) is 9.65. The van der Waals surface area contributed by atoms with Crippen LogP contribution in [-0.2, 0) is 0 Å². The van der Waals surface area contributed by atoms with Gasteiger partial charge in [-0.15, -0.1) is 0 Å². The molecule has 0 saturated heterocycles. The van der Waals surface area contributed by atoms with Crippen LogP contribution in [0.2, 0.25) is 0 Å². The Labute approximate surface area is 173 Å². The van der Waals surface area contributed by atoms with Gasteiger partial charge in [0.15, 0.2) is 0 Å². The Morgan fingerprint density at radius 1 is 1.28 bits per heavy atom. The number of nitrogens with zero attached hydrogens (tertiary/aromatic N) is 2. The number of carbonyl (C=O) groups excluding carboxylic acids is 1. The Hall–Kier alpha value is -1.91. The molecule has 1 aromatic carbocycles. The number of fused-ring (bicyclic) bond motifs is 2. The molecule has 5 heteroatoms.